The summed E-state index contributed by atoms with van der Waals surface area (Å²) in [7, 11) is 1.89. The third-order valence-electron chi connectivity index (χ3n) is 2.96. The van der Waals surface area contributed by atoms with Crippen LogP contribution in [0.5, 0.6) is 5.75 Å². The minimum atomic E-state index is -0.351. The van der Waals surface area contributed by atoms with Crippen molar-refractivity contribution in [2.75, 3.05) is 18.5 Å². The van der Waals surface area contributed by atoms with Crippen LogP contribution in [-0.4, -0.2) is 28.8 Å². The molecule has 102 valence electrons. The zero-order valence-corrected chi connectivity index (χ0v) is 11.1. The number of rotatable bonds is 5. The fourth-order valence-corrected chi connectivity index (χ4v) is 1.65. The molecule has 0 bridgehead atoms. The predicted octanol–water partition coefficient (Wildman–Crippen LogP) is 1.47. The lowest BCUT2D eigenvalue weighted by Crippen LogP contribution is -2.18. The molecule has 2 aromatic rings. The summed E-state index contributed by atoms with van der Waals surface area (Å²) in [5, 5.41) is 13.1. The predicted molar refractivity (Wildman–Crippen MR) is 72.0 cm³/mol. The van der Waals surface area contributed by atoms with Crippen LogP contribution in [0.25, 0.3) is 0 Å². The summed E-state index contributed by atoms with van der Waals surface area (Å²) in [4.78, 5) is 6.14. The third kappa shape index (κ3) is 3.23. The molecule has 6 nitrogen and oxygen atoms in total. The van der Waals surface area contributed by atoms with Crippen LogP contribution in [0, 0.1) is 0 Å². The molecule has 0 aliphatic rings. The maximum Gasteiger partial charge on any atom is 0.265 e. The molecule has 1 aromatic heterocycles. The number of phenolic OH excluding ortho intramolecular Hbond substituents is 1. The second-order valence-corrected chi connectivity index (χ2v) is 4.42. The standard InChI is InChI=1S/C13H18N4O2/c1-3-17(2)13-15-12(19-16-13)11(14)8-9-4-6-10(18)7-5-9/h4-7,11,18H,3,8,14H2,1-2H3/t11-/m1/s1. The van der Waals surface area contributed by atoms with Crippen molar-refractivity contribution >= 4 is 5.95 Å². The van der Waals surface area contributed by atoms with Crippen molar-refractivity contribution in [3.05, 3.63) is 35.7 Å². The van der Waals surface area contributed by atoms with E-state index in [1.165, 1.54) is 0 Å². The van der Waals surface area contributed by atoms with E-state index in [2.05, 4.69) is 10.1 Å². The molecule has 1 atom stereocenters. The van der Waals surface area contributed by atoms with Crippen molar-refractivity contribution in [2.45, 2.75) is 19.4 Å². The molecule has 0 aliphatic heterocycles. The lowest BCUT2D eigenvalue weighted by molar-refractivity contribution is 0.353. The number of phenols is 1. The van der Waals surface area contributed by atoms with Crippen LogP contribution >= 0.6 is 0 Å². The summed E-state index contributed by atoms with van der Waals surface area (Å²) < 4.78 is 5.17. The molecular formula is C13H18N4O2. The van der Waals surface area contributed by atoms with E-state index in [1.54, 1.807) is 12.1 Å². The Morgan fingerprint density at radius 1 is 1.37 bits per heavy atom. The lowest BCUT2D eigenvalue weighted by Gasteiger charge is -2.09. The van der Waals surface area contributed by atoms with E-state index in [0.29, 0.717) is 18.3 Å². The fraction of sp³-hybridized carbons (Fsp3) is 0.385. The van der Waals surface area contributed by atoms with Crippen LogP contribution in [0.1, 0.15) is 24.4 Å². The van der Waals surface area contributed by atoms with E-state index in [0.717, 1.165) is 12.1 Å². The van der Waals surface area contributed by atoms with Gasteiger partial charge in [-0.2, -0.15) is 4.98 Å². The molecule has 0 radical (unpaired) electrons. The fourth-order valence-electron chi connectivity index (χ4n) is 1.65. The van der Waals surface area contributed by atoms with Gasteiger partial charge in [0.05, 0.1) is 6.04 Å². The summed E-state index contributed by atoms with van der Waals surface area (Å²) in [6.45, 7) is 2.80. The van der Waals surface area contributed by atoms with Crippen molar-refractivity contribution < 1.29 is 9.63 Å². The number of benzene rings is 1. The van der Waals surface area contributed by atoms with Crippen molar-refractivity contribution in [1.29, 1.82) is 0 Å². The molecule has 1 heterocycles. The highest BCUT2D eigenvalue weighted by atomic mass is 16.5. The average Bonchev–Trinajstić information content (AvgIpc) is 2.90. The quantitative estimate of drug-likeness (QED) is 0.848. The Morgan fingerprint density at radius 2 is 2.05 bits per heavy atom. The molecule has 0 unspecified atom stereocenters. The summed E-state index contributed by atoms with van der Waals surface area (Å²) in [5.41, 5.74) is 7.05. The van der Waals surface area contributed by atoms with Gasteiger partial charge in [-0.1, -0.05) is 12.1 Å². The number of nitrogens with zero attached hydrogens (tertiary/aromatic N) is 3. The number of anilines is 1. The summed E-state index contributed by atoms with van der Waals surface area (Å²) in [6, 6.07) is 6.56. The number of aromatic hydroxyl groups is 1. The number of nitrogens with two attached hydrogens (primary N) is 1. The molecular weight excluding hydrogens is 244 g/mol. The Kier molecular flexibility index (Phi) is 4.01. The first kappa shape index (κ1) is 13.4. The van der Waals surface area contributed by atoms with Gasteiger partial charge < -0.3 is 20.3 Å². The van der Waals surface area contributed by atoms with Gasteiger partial charge in [-0.05, 0) is 36.2 Å². The third-order valence-corrected chi connectivity index (χ3v) is 2.96. The maximum absolute atomic E-state index is 9.22. The number of aromatic nitrogens is 2. The van der Waals surface area contributed by atoms with Crippen molar-refractivity contribution in [2.24, 2.45) is 5.73 Å². The number of hydrogen-bond acceptors (Lipinski definition) is 6. The van der Waals surface area contributed by atoms with Crippen LogP contribution in [0.4, 0.5) is 5.95 Å². The molecule has 0 spiro atoms. The van der Waals surface area contributed by atoms with Gasteiger partial charge >= 0.3 is 0 Å². The molecule has 19 heavy (non-hydrogen) atoms. The highest BCUT2D eigenvalue weighted by Gasteiger charge is 2.16. The van der Waals surface area contributed by atoms with Gasteiger partial charge in [-0.3, -0.25) is 0 Å². The Hall–Kier alpha value is -2.08. The smallest absolute Gasteiger partial charge is 0.265 e. The van der Waals surface area contributed by atoms with Gasteiger partial charge in [-0.25, -0.2) is 0 Å². The van der Waals surface area contributed by atoms with E-state index in [1.807, 2.05) is 31.0 Å². The average molecular weight is 262 g/mol. The molecule has 0 saturated carbocycles. The zero-order valence-electron chi connectivity index (χ0n) is 11.1. The van der Waals surface area contributed by atoms with Gasteiger partial charge in [0.2, 0.25) is 5.89 Å². The van der Waals surface area contributed by atoms with Gasteiger partial charge in [0.1, 0.15) is 5.75 Å². The number of hydrogen-bond donors (Lipinski definition) is 2. The second kappa shape index (κ2) is 5.71. The van der Waals surface area contributed by atoms with E-state index >= 15 is 0 Å². The summed E-state index contributed by atoms with van der Waals surface area (Å²) in [5.74, 6) is 1.20. The Morgan fingerprint density at radius 3 is 2.68 bits per heavy atom. The van der Waals surface area contributed by atoms with E-state index < -0.39 is 0 Å². The van der Waals surface area contributed by atoms with Crippen molar-refractivity contribution in [3.63, 3.8) is 0 Å². The topological polar surface area (TPSA) is 88.4 Å². The first-order chi connectivity index (χ1) is 9.10. The van der Waals surface area contributed by atoms with Gasteiger partial charge in [0.25, 0.3) is 5.95 Å². The van der Waals surface area contributed by atoms with Crippen LogP contribution in [0.15, 0.2) is 28.8 Å². The van der Waals surface area contributed by atoms with Gasteiger partial charge in [0.15, 0.2) is 0 Å². The first-order valence-corrected chi connectivity index (χ1v) is 6.18. The zero-order chi connectivity index (χ0) is 13.8. The van der Waals surface area contributed by atoms with Crippen LogP contribution < -0.4 is 10.6 Å². The van der Waals surface area contributed by atoms with E-state index in [9.17, 15) is 5.11 Å². The largest absolute Gasteiger partial charge is 0.508 e. The van der Waals surface area contributed by atoms with Crippen LogP contribution in [0.3, 0.4) is 0 Å². The molecule has 0 saturated heterocycles. The van der Waals surface area contributed by atoms with Crippen molar-refractivity contribution in [1.82, 2.24) is 10.1 Å². The highest BCUT2D eigenvalue weighted by molar-refractivity contribution is 5.28. The maximum atomic E-state index is 9.22. The normalized spacial score (nSPS) is 12.4. The van der Waals surface area contributed by atoms with Crippen LogP contribution in [-0.2, 0) is 6.42 Å². The highest BCUT2D eigenvalue weighted by Crippen LogP contribution is 2.18. The minimum absolute atomic E-state index is 0.238. The molecule has 0 aliphatic carbocycles. The van der Waals surface area contributed by atoms with Gasteiger partial charge in [0, 0.05) is 13.6 Å². The first-order valence-electron chi connectivity index (χ1n) is 6.18. The molecule has 3 N–H and O–H groups in total. The van der Waals surface area contributed by atoms with E-state index in [-0.39, 0.29) is 11.8 Å². The Balaban J connectivity index is 2.05. The molecule has 6 heteroatoms. The van der Waals surface area contributed by atoms with Gasteiger partial charge in [-0.15, -0.1) is 0 Å². The molecule has 2 rings (SSSR count). The Bertz CT molecular complexity index is 524. The van der Waals surface area contributed by atoms with E-state index in [4.69, 9.17) is 10.3 Å². The second-order valence-electron chi connectivity index (χ2n) is 4.42. The SMILES string of the molecule is CCN(C)c1noc([C@H](N)Cc2ccc(O)cc2)n1. The molecule has 1 aromatic carbocycles. The molecule has 0 amide bonds. The van der Waals surface area contributed by atoms with Crippen LogP contribution in [0.2, 0.25) is 0 Å². The Labute approximate surface area is 111 Å². The van der Waals surface area contributed by atoms with Crippen molar-refractivity contribution in [3.8, 4) is 5.75 Å². The monoisotopic (exact) mass is 262 g/mol. The molecule has 0 fully saturated rings. The lowest BCUT2D eigenvalue weighted by atomic mass is 10.1. The summed E-state index contributed by atoms with van der Waals surface area (Å²) >= 11 is 0. The summed E-state index contributed by atoms with van der Waals surface area (Å²) in [6.07, 6.45) is 0.581. The minimum Gasteiger partial charge on any atom is -0.508 e.